The Labute approximate surface area is 163 Å². The summed E-state index contributed by atoms with van der Waals surface area (Å²) in [4.78, 5) is 22.4. The van der Waals surface area contributed by atoms with Crippen LogP contribution in [0, 0.1) is 0 Å². The monoisotopic (exact) mass is 402 g/mol. The molecule has 0 bridgehead atoms. The van der Waals surface area contributed by atoms with E-state index in [0.29, 0.717) is 16.5 Å². The number of carboxylic acid groups (broad SMARTS) is 1. The van der Waals surface area contributed by atoms with Crippen molar-refractivity contribution in [3.8, 4) is 0 Å². The summed E-state index contributed by atoms with van der Waals surface area (Å²) in [7, 11) is 0. The summed E-state index contributed by atoms with van der Waals surface area (Å²) in [5.74, 6) is -2.05. The van der Waals surface area contributed by atoms with Gasteiger partial charge in [-0.2, -0.15) is 0 Å². The zero-order valence-electron chi connectivity index (χ0n) is 14.5. The van der Waals surface area contributed by atoms with Crippen molar-refractivity contribution in [2.24, 2.45) is 0 Å². The number of rotatable bonds is 10. The Bertz CT molecular complexity index is 649. The first-order valence-electron chi connectivity index (χ1n) is 8.92. The van der Waals surface area contributed by atoms with Crippen LogP contribution in [0.4, 0.5) is 0 Å². The van der Waals surface area contributed by atoms with E-state index >= 15 is 0 Å². The van der Waals surface area contributed by atoms with Crippen LogP contribution in [0.3, 0.4) is 0 Å². The van der Waals surface area contributed by atoms with Crippen LogP contribution in [0.15, 0.2) is 18.2 Å². The minimum absolute atomic E-state index is 0.370. The van der Waals surface area contributed by atoms with Gasteiger partial charge in [0, 0.05) is 10.0 Å². The van der Waals surface area contributed by atoms with Crippen molar-refractivity contribution in [3.63, 3.8) is 0 Å². The number of carboxylic acids is 1. The number of halogens is 2. The van der Waals surface area contributed by atoms with E-state index in [4.69, 9.17) is 33.0 Å². The van der Waals surface area contributed by atoms with Crippen molar-refractivity contribution in [1.29, 1.82) is 0 Å². The smallest absolute Gasteiger partial charge is 0.340 e. The third-order valence-electron chi connectivity index (χ3n) is 4.77. The second kappa shape index (κ2) is 9.58. The van der Waals surface area contributed by atoms with Gasteiger partial charge in [-0.3, -0.25) is 4.79 Å². The maximum atomic E-state index is 11.3. The van der Waals surface area contributed by atoms with Crippen molar-refractivity contribution in [1.82, 2.24) is 0 Å². The number of carbonyl (C=O) groups excluding carboxylic acids is 1. The number of aliphatic carboxylic acids is 1. The van der Waals surface area contributed by atoms with E-state index in [9.17, 15) is 14.7 Å². The van der Waals surface area contributed by atoms with Gasteiger partial charge in [0.05, 0.1) is 6.42 Å². The van der Waals surface area contributed by atoms with E-state index in [1.807, 2.05) is 12.1 Å². The number of carbonyl (C=O) groups is 2. The molecule has 144 valence electrons. The molecular formula is C19H24Cl2O5. The normalized spacial score (nSPS) is 22.4. The van der Waals surface area contributed by atoms with Gasteiger partial charge in [-0.05, 0) is 43.4 Å². The van der Waals surface area contributed by atoms with E-state index in [1.165, 1.54) is 0 Å². The summed E-state index contributed by atoms with van der Waals surface area (Å²) in [5.41, 5.74) is -0.971. The fourth-order valence-corrected chi connectivity index (χ4v) is 3.72. The number of unbranched alkanes of at least 4 members (excludes halogenated alkanes) is 5. The quantitative estimate of drug-likeness (QED) is 0.447. The Balaban J connectivity index is 1.58. The highest BCUT2D eigenvalue weighted by molar-refractivity contribution is 6.35. The van der Waals surface area contributed by atoms with Crippen molar-refractivity contribution < 1.29 is 24.5 Å². The van der Waals surface area contributed by atoms with E-state index in [0.717, 1.165) is 50.5 Å². The molecule has 1 aromatic carbocycles. The first-order valence-corrected chi connectivity index (χ1v) is 9.67. The predicted molar refractivity (Wildman–Crippen MR) is 99.6 cm³/mol. The van der Waals surface area contributed by atoms with Gasteiger partial charge >= 0.3 is 11.9 Å². The molecule has 0 radical (unpaired) electrons. The second-order valence-electron chi connectivity index (χ2n) is 6.78. The number of aryl methyl sites for hydroxylation is 1. The number of hydrogen-bond donors (Lipinski definition) is 2. The number of aliphatic hydroxyl groups is 1. The zero-order chi connectivity index (χ0) is 19.2. The van der Waals surface area contributed by atoms with Gasteiger partial charge < -0.3 is 14.9 Å². The van der Waals surface area contributed by atoms with Crippen molar-refractivity contribution >= 4 is 35.1 Å². The van der Waals surface area contributed by atoms with Crippen LogP contribution in [0.2, 0.25) is 10.0 Å². The third-order valence-corrected chi connectivity index (χ3v) is 5.36. The largest absolute Gasteiger partial charge is 0.479 e. The standard InChI is InChI=1S/C19H24Cl2O5/c20-14-10-9-13(15(21)11-14)7-5-3-1-2-4-6-8-16-19(25,18(23)24)12-17(22)26-16/h9-11,16,25H,1-8,12H2,(H,23,24)/t16-,19+/m0/s1. The molecule has 2 atom stereocenters. The molecule has 0 amide bonds. The maximum Gasteiger partial charge on any atom is 0.340 e. The molecule has 1 heterocycles. The molecule has 0 aliphatic carbocycles. The first kappa shape index (κ1) is 21.0. The molecule has 1 aliphatic heterocycles. The average molecular weight is 403 g/mol. The van der Waals surface area contributed by atoms with Gasteiger partial charge in [0.2, 0.25) is 5.60 Å². The number of benzene rings is 1. The molecular weight excluding hydrogens is 379 g/mol. The Morgan fingerprint density at radius 2 is 1.81 bits per heavy atom. The molecule has 1 aliphatic rings. The van der Waals surface area contributed by atoms with Gasteiger partial charge in [0.1, 0.15) is 6.10 Å². The van der Waals surface area contributed by atoms with E-state index in [-0.39, 0.29) is 0 Å². The Hall–Kier alpha value is -1.30. The van der Waals surface area contributed by atoms with Crippen LogP contribution in [0.1, 0.15) is 56.9 Å². The van der Waals surface area contributed by atoms with E-state index in [1.54, 1.807) is 6.07 Å². The van der Waals surface area contributed by atoms with Crippen LogP contribution in [0.5, 0.6) is 0 Å². The van der Waals surface area contributed by atoms with Crippen LogP contribution in [-0.2, 0) is 20.7 Å². The molecule has 2 N–H and O–H groups in total. The fourth-order valence-electron chi connectivity index (χ4n) is 3.22. The molecule has 1 aromatic rings. The lowest BCUT2D eigenvalue weighted by atomic mass is 9.91. The van der Waals surface area contributed by atoms with Crippen molar-refractivity contribution in [2.45, 2.75) is 69.5 Å². The van der Waals surface area contributed by atoms with Crippen molar-refractivity contribution in [3.05, 3.63) is 33.8 Å². The molecule has 1 saturated heterocycles. The summed E-state index contributed by atoms with van der Waals surface area (Å²) >= 11 is 12.0. The third kappa shape index (κ3) is 5.60. The molecule has 5 nitrogen and oxygen atoms in total. The van der Waals surface area contributed by atoms with Gasteiger partial charge in [0.15, 0.2) is 0 Å². The van der Waals surface area contributed by atoms with E-state index in [2.05, 4.69) is 0 Å². The molecule has 26 heavy (non-hydrogen) atoms. The molecule has 0 spiro atoms. The molecule has 0 unspecified atom stereocenters. The molecule has 0 saturated carbocycles. The van der Waals surface area contributed by atoms with Crippen LogP contribution in [-0.4, -0.2) is 33.9 Å². The second-order valence-corrected chi connectivity index (χ2v) is 7.62. The van der Waals surface area contributed by atoms with Gasteiger partial charge in [-0.15, -0.1) is 0 Å². The highest BCUT2D eigenvalue weighted by Gasteiger charge is 2.53. The summed E-state index contributed by atoms with van der Waals surface area (Å²) in [6.45, 7) is 0. The summed E-state index contributed by atoms with van der Waals surface area (Å²) in [6.07, 6.45) is 5.70. The Morgan fingerprint density at radius 3 is 2.46 bits per heavy atom. The number of hydrogen-bond acceptors (Lipinski definition) is 4. The predicted octanol–water partition coefficient (Wildman–Crippen LogP) is 4.40. The summed E-state index contributed by atoms with van der Waals surface area (Å²) < 4.78 is 4.96. The van der Waals surface area contributed by atoms with Crippen molar-refractivity contribution in [2.75, 3.05) is 0 Å². The highest BCUT2D eigenvalue weighted by atomic mass is 35.5. The molecule has 7 heteroatoms. The summed E-state index contributed by atoms with van der Waals surface area (Å²) in [5, 5.41) is 20.5. The lowest BCUT2D eigenvalue weighted by molar-refractivity contribution is -0.164. The lowest BCUT2D eigenvalue weighted by Crippen LogP contribution is -2.46. The molecule has 1 fully saturated rings. The fraction of sp³-hybridized carbons (Fsp3) is 0.579. The van der Waals surface area contributed by atoms with Gasteiger partial charge in [-0.25, -0.2) is 4.79 Å². The Kier molecular flexibility index (Phi) is 7.74. The van der Waals surface area contributed by atoms with Gasteiger partial charge in [-0.1, -0.05) is 55.0 Å². The number of ether oxygens (including phenoxy) is 1. The zero-order valence-corrected chi connectivity index (χ0v) is 16.1. The molecule has 2 rings (SSSR count). The minimum atomic E-state index is -2.07. The minimum Gasteiger partial charge on any atom is -0.479 e. The first-order chi connectivity index (χ1) is 12.3. The molecule has 0 aromatic heterocycles. The maximum absolute atomic E-state index is 11.3. The summed E-state index contributed by atoms with van der Waals surface area (Å²) in [6, 6.07) is 5.56. The SMILES string of the molecule is O=C1C[C@](O)(C(=O)O)[C@H](CCCCCCCCc2ccc(Cl)cc2Cl)O1. The highest BCUT2D eigenvalue weighted by Crippen LogP contribution is 2.31. The van der Waals surface area contributed by atoms with Gasteiger partial charge in [0.25, 0.3) is 0 Å². The van der Waals surface area contributed by atoms with E-state index < -0.39 is 30.1 Å². The van der Waals surface area contributed by atoms with Crippen LogP contribution in [0.25, 0.3) is 0 Å². The average Bonchev–Trinajstić information content (AvgIpc) is 2.87. The van der Waals surface area contributed by atoms with Crippen LogP contribution >= 0.6 is 23.2 Å². The van der Waals surface area contributed by atoms with Crippen LogP contribution < -0.4 is 0 Å². The Morgan fingerprint density at radius 1 is 1.15 bits per heavy atom. The lowest BCUT2D eigenvalue weighted by Gasteiger charge is -2.22. The topological polar surface area (TPSA) is 83.8 Å². The number of cyclic esters (lactones) is 1. The number of esters is 1.